The Kier molecular flexibility index (Phi) is 4.66. The number of fused-ring (bicyclic) bond motifs is 1. The number of rotatable bonds is 5. The summed E-state index contributed by atoms with van der Waals surface area (Å²) in [7, 11) is 0. The van der Waals surface area contributed by atoms with E-state index >= 15 is 0 Å². The van der Waals surface area contributed by atoms with Gasteiger partial charge in [0.2, 0.25) is 0 Å². The van der Waals surface area contributed by atoms with E-state index in [0.717, 1.165) is 22.0 Å². The van der Waals surface area contributed by atoms with Crippen LogP contribution in [0.3, 0.4) is 0 Å². The first-order valence-corrected chi connectivity index (χ1v) is 8.89. The third-order valence-corrected chi connectivity index (χ3v) is 4.53. The number of aryl methyl sites for hydroxylation is 1. The quantitative estimate of drug-likeness (QED) is 0.593. The van der Waals surface area contributed by atoms with Gasteiger partial charge >= 0.3 is 0 Å². The zero-order valence-corrected chi connectivity index (χ0v) is 15.1. The van der Waals surface area contributed by atoms with Gasteiger partial charge in [0.15, 0.2) is 5.69 Å². The molecule has 134 valence electrons. The number of amides is 1. The molecule has 0 aliphatic carbocycles. The maximum absolute atomic E-state index is 12.7. The lowest BCUT2D eigenvalue weighted by atomic mass is 10.1. The summed E-state index contributed by atoms with van der Waals surface area (Å²) in [6, 6.07) is 20.0. The van der Waals surface area contributed by atoms with Gasteiger partial charge in [0.1, 0.15) is 0 Å². The number of benzene rings is 2. The van der Waals surface area contributed by atoms with Crippen LogP contribution in [0.15, 0.2) is 73.1 Å². The van der Waals surface area contributed by atoms with Crippen molar-refractivity contribution in [3.63, 3.8) is 0 Å². The van der Waals surface area contributed by atoms with Gasteiger partial charge in [-0.05, 0) is 36.2 Å². The average molecular weight is 356 g/mol. The van der Waals surface area contributed by atoms with Crippen LogP contribution in [0.4, 0.5) is 0 Å². The fraction of sp³-hybridized carbons (Fsp3) is 0.136. The summed E-state index contributed by atoms with van der Waals surface area (Å²) in [5.41, 5.74) is 4.78. The molecular formula is C22H20N4O. The number of carbonyl (C=O) groups excluding carboxylic acids is 1. The van der Waals surface area contributed by atoms with Gasteiger partial charge in [0.25, 0.3) is 5.91 Å². The van der Waals surface area contributed by atoms with Gasteiger partial charge in [-0.15, -0.1) is 0 Å². The van der Waals surface area contributed by atoms with E-state index in [9.17, 15) is 4.79 Å². The molecule has 0 saturated carbocycles. The summed E-state index contributed by atoms with van der Waals surface area (Å²) in [6.45, 7) is 3.14. The molecule has 27 heavy (non-hydrogen) atoms. The molecule has 0 unspecified atom stereocenters. The van der Waals surface area contributed by atoms with Gasteiger partial charge in [-0.1, -0.05) is 48.0 Å². The van der Waals surface area contributed by atoms with Gasteiger partial charge in [0, 0.05) is 24.3 Å². The number of nitrogens with one attached hydrogen (secondary N) is 1. The van der Waals surface area contributed by atoms with Crippen LogP contribution in [0, 0.1) is 6.92 Å². The second kappa shape index (κ2) is 7.41. The molecule has 1 N–H and O–H groups in total. The van der Waals surface area contributed by atoms with Crippen LogP contribution in [-0.4, -0.2) is 20.7 Å². The van der Waals surface area contributed by atoms with Crippen LogP contribution in [0.25, 0.3) is 10.9 Å². The molecule has 0 bridgehead atoms. The predicted molar refractivity (Wildman–Crippen MR) is 105 cm³/mol. The Hall–Kier alpha value is -3.47. The molecule has 0 spiro atoms. The van der Waals surface area contributed by atoms with E-state index in [1.807, 2.05) is 41.1 Å². The molecule has 0 saturated heterocycles. The first-order valence-electron chi connectivity index (χ1n) is 8.89. The number of pyridine rings is 1. The first kappa shape index (κ1) is 17.0. The van der Waals surface area contributed by atoms with E-state index in [-0.39, 0.29) is 5.91 Å². The van der Waals surface area contributed by atoms with E-state index in [2.05, 4.69) is 46.6 Å². The fourth-order valence-electron chi connectivity index (χ4n) is 3.05. The maximum Gasteiger partial charge on any atom is 0.272 e. The number of hydrogen-bond donors (Lipinski definition) is 1. The smallest absolute Gasteiger partial charge is 0.272 e. The Labute approximate surface area is 157 Å². The zero-order chi connectivity index (χ0) is 18.6. The Bertz CT molecular complexity index is 1070. The Morgan fingerprint density at radius 1 is 0.963 bits per heavy atom. The molecule has 2 aromatic carbocycles. The standard InChI is InChI=1S/C22H20N4O/c1-16-6-8-18(9-7-16)15-26-20-5-3-2-4-19(20)21(25-26)22(27)24-14-17-10-12-23-13-11-17/h2-13H,14-15H2,1H3,(H,24,27). The molecule has 4 aromatic rings. The summed E-state index contributed by atoms with van der Waals surface area (Å²) in [5, 5.41) is 8.42. The van der Waals surface area contributed by atoms with Crippen molar-refractivity contribution in [1.82, 2.24) is 20.1 Å². The van der Waals surface area contributed by atoms with Gasteiger partial charge in [0.05, 0.1) is 12.1 Å². The lowest BCUT2D eigenvalue weighted by Crippen LogP contribution is -2.23. The normalized spacial score (nSPS) is 10.9. The molecule has 5 nitrogen and oxygen atoms in total. The van der Waals surface area contributed by atoms with Gasteiger partial charge in [-0.25, -0.2) is 0 Å². The van der Waals surface area contributed by atoms with Crippen molar-refractivity contribution in [2.24, 2.45) is 0 Å². The molecule has 0 aliphatic heterocycles. The second-order valence-corrected chi connectivity index (χ2v) is 6.55. The average Bonchev–Trinajstić information content (AvgIpc) is 3.07. The highest BCUT2D eigenvalue weighted by atomic mass is 16.1. The molecule has 2 aromatic heterocycles. The molecule has 0 fully saturated rings. The van der Waals surface area contributed by atoms with E-state index in [1.54, 1.807) is 12.4 Å². The van der Waals surface area contributed by atoms with Crippen molar-refractivity contribution < 1.29 is 4.79 Å². The van der Waals surface area contributed by atoms with Crippen LogP contribution in [0.5, 0.6) is 0 Å². The highest BCUT2D eigenvalue weighted by Crippen LogP contribution is 2.20. The van der Waals surface area contributed by atoms with Gasteiger partial charge in [-0.2, -0.15) is 5.10 Å². The van der Waals surface area contributed by atoms with Crippen LogP contribution >= 0.6 is 0 Å². The second-order valence-electron chi connectivity index (χ2n) is 6.55. The lowest BCUT2D eigenvalue weighted by molar-refractivity contribution is 0.0946. The molecule has 1 amide bonds. The molecule has 4 rings (SSSR count). The molecule has 2 heterocycles. The van der Waals surface area contributed by atoms with E-state index in [4.69, 9.17) is 0 Å². The summed E-state index contributed by atoms with van der Waals surface area (Å²) in [6.07, 6.45) is 3.43. The Balaban J connectivity index is 1.61. The van der Waals surface area contributed by atoms with E-state index < -0.39 is 0 Å². The third-order valence-electron chi connectivity index (χ3n) is 4.53. The van der Waals surface area contributed by atoms with Gasteiger partial charge < -0.3 is 5.32 Å². The van der Waals surface area contributed by atoms with Crippen LogP contribution < -0.4 is 5.32 Å². The highest BCUT2D eigenvalue weighted by Gasteiger charge is 2.17. The number of nitrogens with zero attached hydrogens (tertiary/aromatic N) is 3. The van der Waals surface area contributed by atoms with Crippen LogP contribution in [-0.2, 0) is 13.1 Å². The van der Waals surface area contributed by atoms with Crippen molar-refractivity contribution in [3.8, 4) is 0 Å². The third kappa shape index (κ3) is 3.72. The Morgan fingerprint density at radius 2 is 1.70 bits per heavy atom. The van der Waals surface area contributed by atoms with E-state index in [0.29, 0.717) is 18.8 Å². The number of aromatic nitrogens is 3. The molecule has 0 atom stereocenters. The van der Waals surface area contributed by atoms with Crippen molar-refractivity contribution in [2.45, 2.75) is 20.0 Å². The summed E-state index contributed by atoms with van der Waals surface area (Å²) in [5.74, 6) is -0.175. The van der Waals surface area contributed by atoms with Crippen molar-refractivity contribution >= 4 is 16.8 Å². The van der Waals surface area contributed by atoms with Crippen molar-refractivity contribution in [1.29, 1.82) is 0 Å². The van der Waals surface area contributed by atoms with Crippen molar-refractivity contribution in [3.05, 3.63) is 95.4 Å². The SMILES string of the molecule is Cc1ccc(Cn2nc(C(=O)NCc3ccncc3)c3ccccc32)cc1. The van der Waals surface area contributed by atoms with Gasteiger partial charge in [-0.3, -0.25) is 14.5 Å². The van der Waals surface area contributed by atoms with Crippen LogP contribution in [0.2, 0.25) is 0 Å². The van der Waals surface area contributed by atoms with Crippen molar-refractivity contribution in [2.75, 3.05) is 0 Å². The minimum Gasteiger partial charge on any atom is -0.347 e. The van der Waals surface area contributed by atoms with Crippen LogP contribution in [0.1, 0.15) is 27.2 Å². The largest absolute Gasteiger partial charge is 0.347 e. The number of carbonyl (C=O) groups is 1. The molecule has 5 heteroatoms. The molecule has 0 aliphatic rings. The number of hydrogen-bond acceptors (Lipinski definition) is 3. The molecule has 0 radical (unpaired) electrons. The highest BCUT2D eigenvalue weighted by molar-refractivity contribution is 6.04. The zero-order valence-electron chi connectivity index (χ0n) is 15.1. The number of para-hydroxylation sites is 1. The summed E-state index contributed by atoms with van der Waals surface area (Å²) in [4.78, 5) is 16.7. The first-order chi connectivity index (χ1) is 13.2. The molecular weight excluding hydrogens is 336 g/mol. The summed E-state index contributed by atoms with van der Waals surface area (Å²) < 4.78 is 1.89. The minimum atomic E-state index is -0.175. The van der Waals surface area contributed by atoms with E-state index in [1.165, 1.54) is 5.56 Å². The Morgan fingerprint density at radius 3 is 2.48 bits per heavy atom. The lowest BCUT2D eigenvalue weighted by Gasteiger charge is -2.04. The minimum absolute atomic E-state index is 0.175. The topological polar surface area (TPSA) is 59.8 Å². The predicted octanol–water partition coefficient (Wildman–Crippen LogP) is 3.72. The summed E-state index contributed by atoms with van der Waals surface area (Å²) >= 11 is 0. The maximum atomic E-state index is 12.7. The fourth-order valence-corrected chi connectivity index (χ4v) is 3.05. The monoisotopic (exact) mass is 356 g/mol.